The average molecular weight is 399 g/mol. The van der Waals surface area contributed by atoms with Crippen LogP contribution in [0.5, 0.6) is 0 Å². The lowest BCUT2D eigenvalue weighted by molar-refractivity contribution is -0.172. The van der Waals surface area contributed by atoms with Crippen LogP contribution in [0, 0.1) is 11.3 Å². The third-order valence-electron chi connectivity index (χ3n) is 5.99. The number of esters is 1. The van der Waals surface area contributed by atoms with E-state index in [1.807, 2.05) is 24.3 Å². The number of allylic oxidation sites excluding steroid dienone is 1. The Kier molecular flexibility index (Phi) is 3.73. The summed E-state index contributed by atoms with van der Waals surface area (Å²) in [7, 11) is 0. The molecule has 5 rings (SSSR count). The third-order valence-corrected chi connectivity index (χ3v) is 5.99. The maximum absolute atomic E-state index is 13.1. The summed E-state index contributed by atoms with van der Waals surface area (Å²) in [5.41, 5.74) is 2.35. The van der Waals surface area contributed by atoms with E-state index in [-0.39, 0.29) is 18.6 Å². The van der Waals surface area contributed by atoms with Crippen molar-refractivity contribution in [3.8, 4) is 17.5 Å². The molecule has 7 heteroatoms. The monoisotopic (exact) mass is 399 g/mol. The molecule has 7 nitrogen and oxygen atoms in total. The molecule has 0 amide bonds. The number of cyclic esters (lactones) is 1. The molecule has 0 unspecified atom stereocenters. The van der Waals surface area contributed by atoms with E-state index in [4.69, 9.17) is 15.0 Å². The first-order valence-electron chi connectivity index (χ1n) is 9.57. The molecule has 0 spiro atoms. The van der Waals surface area contributed by atoms with Gasteiger partial charge in [-0.25, -0.2) is 9.78 Å². The molecule has 0 bridgehead atoms. The minimum absolute atomic E-state index is 0.102. The Morgan fingerprint density at radius 3 is 2.90 bits per heavy atom. The summed E-state index contributed by atoms with van der Waals surface area (Å²) in [6, 6.07) is 11.1. The second-order valence-electron chi connectivity index (χ2n) is 7.60. The molecule has 4 heterocycles. The summed E-state index contributed by atoms with van der Waals surface area (Å²) >= 11 is 0. The summed E-state index contributed by atoms with van der Waals surface area (Å²) in [6.07, 6.45) is 0.102. The Balaban J connectivity index is 1.73. The van der Waals surface area contributed by atoms with Gasteiger partial charge in [0.15, 0.2) is 5.60 Å². The van der Waals surface area contributed by atoms with E-state index in [0.29, 0.717) is 40.1 Å². The van der Waals surface area contributed by atoms with Gasteiger partial charge < -0.3 is 14.4 Å². The fourth-order valence-electron chi connectivity index (χ4n) is 4.24. The predicted molar refractivity (Wildman–Crippen MR) is 109 cm³/mol. The SMILES string of the molecule is C=C(C#N)c1ccc2nc3c(cc2c1)Cn1c-3cc2c(c1=O)COC(=O)[C@]2(O)CC. The average Bonchev–Trinajstić information content (AvgIpc) is 3.12. The number of carbonyl (C=O) groups is 1. The van der Waals surface area contributed by atoms with Crippen LogP contribution in [-0.2, 0) is 28.3 Å². The molecular weight excluding hydrogens is 382 g/mol. The van der Waals surface area contributed by atoms with Crippen LogP contribution in [0.15, 0.2) is 41.7 Å². The molecule has 2 aromatic heterocycles. The van der Waals surface area contributed by atoms with Gasteiger partial charge in [-0.3, -0.25) is 4.79 Å². The van der Waals surface area contributed by atoms with Crippen LogP contribution < -0.4 is 5.56 Å². The fourth-order valence-corrected chi connectivity index (χ4v) is 4.24. The summed E-state index contributed by atoms with van der Waals surface area (Å²) in [5.74, 6) is -0.739. The number of fused-ring (bicyclic) bond motifs is 5. The van der Waals surface area contributed by atoms with Gasteiger partial charge in [-0.05, 0) is 36.2 Å². The van der Waals surface area contributed by atoms with Gasteiger partial charge in [0, 0.05) is 16.5 Å². The second-order valence-corrected chi connectivity index (χ2v) is 7.60. The first kappa shape index (κ1) is 18.3. The van der Waals surface area contributed by atoms with Gasteiger partial charge in [0.1, 0.15) is 6.61 Å². The summed E-state index contributed by atoms with van der Waals surface area (Å²) in [4.78, 5) is 30.1. The zero-order valence-electron chi connectivity index (χ0n) is 16.2. The first-order valence-corrected chi connectivity index (χ1v) is 9.57. The zero-order chi connectivity index (χ0) is 21.2. The zero-order valence-corrected chi connectivity index (χ0v) is 16.2. The molecule has 30 heavy (non-hydrogen) atoms. The van der Waals surface area contributed by atoms with Crippen molar-refractivity contribution >= 4 is 22.4 Å². The standard InChI is InChI=1S/C23H17N3O4/c1-3-23(29)17-8-19-20-15(10-26(19)21(27)16(17)11-30-22(23)28)7-14-6-13(12(2)9-24)4-5-18(14)25-20/h4-8,29H,2-3,10-11H2,1H3/t23-/m0/s1. The maximum Gasteiger partial charge on any atom is 0.343 e. The topological polar surface area (TPSA) is 105 Å². The van der Waals surface area contributed by atoms with Crippen LogP contribution in [0.3, 0.4) is 0 Å². The molecule has 0 saturated carbocycles. The van der Waals surface area contributed by atoms with Gasteiger partial charge in [0.05, 0.1) is 40.7 Å². The highest BCUT2D eigenvalue weighted by molar-refractivity contribution is 5.89. The largest absolute Gasteiger partial charge is 0.458 e. The minimum Gasteiger partial charge on any atom is -0.458 e. The summed E-state index contributed by atoms with van der Waals surface area (Å²) in [5, 5.41) is 20.8. The second kappa shape index (κ2) is 6.12. The molecule has 2 aliphatic heterocycles. The van der Waals surface area contributed by atoms with Crippen molar-refractivity contribution in [3.05, 3.63) is 69.5 Å². The quantitative estimate of drug-likeness (QED) is 0.410. The number of rotatable bonds is 2. The van der Waals surface area contributed by atoms with Gasteiger partial charge in [-0.1, -0.05) is 19.6 Å². The lowest BCUT2D eigenvalue weighted by Crippen LogP contribution is -2.44. The van der Waals surface area contributed by atoms with Crippen molar-refractivity contribution in [1.29, 1.82) is 5.26 Å². The molecule has 0 saturated heterocycles. The van der Waals surface area contributed by atoms with E-state index in [9.17, 15) is 14.7 Å². The number of aromatic nitrogens is 2. The van der Waals surface area contributed by atoms with E-state index < -0.39 is 11.6 Å². The molecule has 148 valence electrons. The van der Waals surface area contributed by atoms with Gasteiger partial charge in [-0.2, -0.15) is 5.26 Å². The van der Waals surface area contributed by atoms with Crippen molar-refractivity contribution in [2.24, 2.45) is 0 Å². The number of benzene rings is 1. The lowest BCUT2D eigenvalue weighted by atomic mass is 9.86. The number of nitriles is 1. The molecule has 2 aliphatic rings. The number of carbonyl (C=O) groups excluding carboxylic acids is 1. The van der Waals surface area contributed by atoms with Crippen LogP contribution in [-0.4, -0.2) is 20.6 Å². The summed E-state index contributed by atoms with van der Waals surface area (Å²) in [6.45, 7) is 5.61. The van der Waals surface area contributed by atoms with Crippen molar-refractivity contribution in [2.45, 2.75) is 32.1 Å². The van der Waals surface area contributed by atoms with E-state index in [2.05, 4.69) is 6.58 Å². The van der Waals surface area contributed by atoms with Gasteiger partial charge in [0.2, 0.25) is 0 Å². The van der Waals surface area contributed by atoms with E-state index in [0.717, 1.165) is 16.5 Å². The van der Waals surface area contributed by atoms with Crippen LogP contribution in [0.1, 0.15) is 35.6 Å². The van der Waals surface area contributed by atoms with Crippen LogP contribution in [0.4, 0.5) is 0 Å². The molecule has 0 radical (unpaired) electrons. The number of pyridine rings is 2. The van der Waals surface area contributed by atoms with Crippen molar-refractivity contribution < 1.29 is 14.6 Å². The van der Waals surface area contributed by atoms with Crippen LogP contribution in [0.2, 0.25) is 0 Å². The Morgan fingerprint density at radius 2 is 2.17 bits per heavy atom. The van der Waals surface area contributed by atoms with E-state index in [1.54, 1.807) is 23.6 Å². The summed E-state index contributed by atoms with van der Waals surface area (Å²) < 4.78 is 6.68. The van der Waals surface area contributed by atoms with E-state index in [1.165, 1.54) is 0 Å². The normalized spacial score (nSPS) is 18.9. The Morgan fingerprint density at radius 1 is 1.37 bits per heavy atom. The predicted octanol–water partition coefficient (Wildman–Crippen LogP) is 2.62. The number of hydrogen-bond acceptors (Lipinski definition) is 6. The number of ether oxygens (including phenoxy) is 1. The van der Waals surface area contributed by atoms with Crippen molar-refractivity contribution in [3.63, 3.8) is 0 Å². The smallest absolute Gasteiger partial charge is 0.343 e. The Hall–Kier alpha value is -3.76. The minimum atomic E-state index is -1.84. The third kappa shape index (κ3) is 2.31. The fraction of sp³-hybridized carbons (Fsp3) is 0.217. The van der Waals surface area contributed by atoms with Gasteiger partial charge in [-0.15, -0.1) is 0 Å². The number of aliphatic hydroxyl groups is 1. The van der Waals surface area contributed by atoms with Crippen molar-refractivity contribution in [1.82, 2.24) is 9.55 Å². The molecule has 1 atom stereocenters. The van der Waals surface area contributed by atoms with Crippen LogP contribution >= 0.6 is 0 Å². The molecule has 3 aromatic rings. The van der Waals surface area contributed by atoms with Gasteiger partial charge >= 0.3 is 5.97 Å². The molecule has 1 N–H and O–H groups in total. The number of hydrogen-bond donors (Lipinski definition) is 1. The Bertz CT molecular complexity index is 1400. The molecule has 0 aliphatic carbocycles. The molecule has 1 aromatic carbocycles. The maximum atomic E-state index is 13.1. The highest BCUT2D eigenvalue weighted by Gasteiger charge is 2.45. The first-order chi connectivity index (χ1) is 14.4. The van der Waals surface area contributed by atoms with Gasteiger partial charge in [0.25, 0.3) is 5.56 Å². The molecular formula is C23H17N3O4. The van der Waals surface area contributed by atoms with Crippen molar-refractivity contribution in [2.75, 3.05) is 0 Å². The lowest BCUT2D eigenvalue weighted by Gasteiger charge is -2.31. The Labute approximate surface area is 171 Å². The molecule has 0 fully saturated rings. The van der Waals surface area contributed by atoms with E-state index >= 15 is 0 Å². The highest BCUT2D eigenvalue weighted by atomic mass is 16.6. The highest BCUT2D eigenvalue weighted by Crippen LogP contribution is 2.38. The number of nitrogens with zero attached hydrogens (tertiary/aromatic N) is 3. The van der Waals surface area contributed by atoms with Crippen LogP contribution in [0.25, 0.3) is 27.9 Å².